The molecular formula is C30H39BrN2O5S. The molecule has 3 aliphatic heterocycles. The Labute approximate surface area is 244 Å². The van der Waals surface area contributed by atoms with Crippen LogP contribution in [0.4, 0.5) is 5.69 Å². The van der Waals surface area contributed by atoms with Crippen molar-refractivity contribution in [3.05, 3.63) is 54.6 Å². The third-order valence-electron chi connectivity index (χ3n) is 8.39. The number of anilines is 1. The number of rotatable bonds is 12. The number of nitrogens with zero attached hydrogens (tertiary/aromatic N) is 2. The van der Waals surface area contributed by atoms with Crippen molar-refractivity contribution in [1.82, 2.24) is 4.90 Å². The van der Waals surface area contributed by atoms with Gasteiger partial charge in [0, 0.05) is 22.3 Å². The van der Waals surface area contributed by atoms with Crippen molar-refractivity contribution < 1.29 is 24.2 Å². The first-order valence-corrected chi connectivity index (χ1v) is 15.5. The fourth-order valence-corrected chi connectivity index (χ4v) is 10.3. The van der Waals surface area contributed by atoms with Crippen LogP contribution in [0.25, 0.3) is 0 Å². The number of ether oxygens (including phenoxy) is 1. The summed E-state index contributed by atoms with van der Waals surface area (Å²) in [6.45, 7) is 13.7. The molecule has 3 heterocycles. The van der Waals surface area contributed by atoms with E-state index in [2.05, 4.69) is 29.1 Å². The molecule has 7 atom stereocenters. The standard InChI is InChI=1S/C30H39BrN2O5S/c1-6-9-10-15-38-29(37)22-23-27(35)33(20(8-3)17-34)26(30(23)16-21(31)25(22)39-30)28(36)32(14-7-2)24-18(4)12-11-13-19(24)5/h6-7,11-13,20-23,25-26,34H,1-2,8-10,14-17H2,3-5H3/t20-,21?,22-,23-,25-,26?,30?/m0/s1. The summed E-state index contributed by atoms with van der Waals surface area (Å²) in [5.74, 6) is -2.18. The maximum atomic E-state index is 14.7. The predicted octanol–water partition coefficient (Wildman–Crippen LogP) is 4.57. The number of thioether (sulfide) groups is 1. The molecule has 0 aromatic heterocycles. The van der Waals surface area contributed by atoms with Crippen LogP contribution in [0.1, 0.15) is 43.7 Å². The molecule has 3 aliphatic rings. The maximum Gasteiger partial charge on any atom is 0.310 e. The second-order valence-electron chi connectivity index (χ2n) is 10.7. The van der Waals surface area contributed by atoms with Gasteiger partial charge in [0.1, 0.15) is 6.04 Å². The van der Waals surface area contributed by atoms with E-state index in [0.717, 1.165) is 23.2 Å². The number of fused-ring (bicyclic) bond motifs is 1. The van der Waals surface area contributed by atoms with Crippen LogP contribution in [0, 0.1) is 25.7 Å². The molecule has 39 heavy (non-hydrogen) atoms. The fourth-order valence-electron chi connectivity index (χ4n) is 6.72. The number of aryl methyl sites for hydroxylation is 2. The minimum atomic E-state index is -0.834. The first-order chi connectivity index (χ1) is 18.7. The maximum absolute atomic E-state index is 14.7. The molecule has 0 aliphatic carbocycles. The Balaban J connectivity index is 1.80. The number of esters is 1. The number of halogens is 1. The quantitative estimate of drug-likeness (QED) is 0.160. The van der Waals surface area contributed by atoms with Crippen molar-refractivity contribution in [3.8, 4) is 0 Å². The number of hydrogen-bond donors (Lipinski definition) is 1. The van der Waals surface area contributed by atoms with Gasteiger partial charge in [0.05, 0.1) is 35.8 Å². The van der Waals surface area contributed by atoms with Gasteiger partial charge >= 0.3 is 5.97 Å². The highest BCUT2D eigenvalue weighted by molar-refractivity contribution is 9.09. The van der Waals surface area contributed by atoms with Crippen molar-refractivity contribution >= 4 is 51.2 Å². The number of alkyl halides is 1. The number of hydrogen-bond acceptors (Lipinski definition) is 6. The largest absolute Gasteiger partial charge is 0.465 e. The molecule has 2 amide bonds. The lowest BCUT2D eigenvalue weighted by Gasteiger charge is -2.40. The van der Waals surface area contributed by atoms with Crippen LogP contribution < -0.4 is 4.90 Å². The Bertz CT molecular complexity index is 1120. The summed E-state index contributed by atoms with van der Waals surface area (Å²) in [5.41, 5.74) is 2.71. The van der Waals surface area contributed by atoms with Crippen molar-refractivity contribution in [2.45, 2.75) is 73.4 Å². The van der Waals surface area contributed by atoms with Gasteiger partial charge in [-0.05, 0) is 50.7 Å². The monoisotopic (exact) mass is 618 g/mol. The zero-order chi connectivity index (χ0) is 28.5. The van der Waals surface area contributed by atoms with E-state index >= 15 is 0 Å². The van der Waals surface area contributed by atoms with Crippen molar-refractivity contribution in [2.24, 2.45) is 11.8 Å². The van der Waals surface area contributed by atoms with Gasteiger partial charge in [-0.3, -0.25) is 14.4 Å². The van der Waals surface area contributed by atoms with E-state index in [9.17, 15) is 19.5 Å². The average Bonchev–Trinajstić information content (AvgIpc) is 3.50. The molecule has 3 fully saturated rings. The van der Waals surface area contributed by atoms with Gasteiger partial charge in [-0.1, -0.05) is 53.2 Å². The average molecular weight is 620 g/mol. The topological polar surface area (TPSA) is 87.1 Å². The van der Waals surface area contributed by atoms with Crippen molar-refractivity contribution in [3.63, 3.8) is 0 Å². The minimum absolute atomic E-state index is 0.0465. The summed E-state index contributed by atoms with van der Waals surface area (Å²) in [7, 11) is 0. The second kappa shape index (κ2) is 12.2. The number of amides is 2. The lowest BCUT2D eigenvalue weighted by Crippen LogP contribution is -2.58. The van der Waals surface area contributed by atoms with Crippen LogP contribution in [0.3, 0.4) is 0 Å². The summed E-state index contributed by atoms with van der Waals surface area (Å²) in [5, 5.41) is 10.1. The van der Waals surface area contributed by atoms with E-state index < -0.39 is 28.7 Å². The molecule has 0 saturated carbocycles. The first-order valence-electron chi connectivity index (χ1n) is 13.7. The molecule has 1 N–H and O–H groups in total. The number of carbonyl (C=O) groups is 3. The number of aliphatic hydroxyl groups excluding tert-OH is 1. The minimum Gasteiger partial charge on any atom is -0.465 e. The van der Waals surface area contributed by atoms with Crippen LogP contribution in [0.2, 0.25) is 0 Å². The van der Waals surface area contributed by atoms with E-state index in [1.807, 2.05) is 39.0 Å². The van der Waals surface area contributed by atoms with E-state index in [-0.39, 0.29) is 47.6 Å². The molecule has 1 spiro atoms. The normalized spacial score (nSPS) is 29.7. The number of carbonyl (C=O) groups excluding carboxylic acids is 3. The number of allylic oxidation sites excluding steroid dienone is 1. The highest BCUT2D eigenvalue weighted by atomic mass is 79.9. The van der Waals surface area contributed by atoms with Crippen LogP contribution >= 0.6 is 27.7 Å². The first kappa shape index (κ1) is 29.9. The number of aliphatic hydroxyl groups is 1. The summed E-state index contributed by atoms with van der Waals surface area (Å²) in [6, 6.07) is 4.52. The van der Waals surface area contributed by atoms with Crippen LogP contribution in [-0.4, -0.2) is 74.5 Å². The molecule has 0 radical (unpaired) electrons. The van der Waals surface area contributed by atoms with E-state index in [1.54, 1.807) is 33.7 Å². The SMILES string of the molecule is C=CCCCOC(=O)[C@H]1[C@H]2C(=O)N([C@@H](CC)CO)C(C(=O)N(CC=C)c3c(C)cccc3C)C23CC(Br)[C@@H]1S3. The molecule has 3 unspecified atom stereocenters. The van der Waals surface area contributed by atoms with E-state index in [0.29, 0.717) is 19.3 Å². The number of benzene rings is 1. The zero-order valence-corrected chi connectivity index (χ0v) is 25.4. The lowest BCUT2D eigenvalue weighted by molar-refractivity contribution is -0.154. The zero-order valence-electron chi connectivity index (χ0n) is 23.0. The Morgan fingerprint density at radius 3 is 2.59 bits per heavy atom. The van der Waals surface area contributed by atoms with E-state index in [1.165, 1.54) is 0 Å². The summed E-state index contributed by atoms with van der Waals surface area (Å²) >= 11 is 5.37. The van der Waals surface area contributed by atoms with Gasteiger partial charge < -0.3 is 19.6 Å². The Morgan fingerprint density at radius 2 is 2.00 bits per heavy atom. The number of unbranched alkanes of at least 4 members (excludes halogenated alkanes) is 1. The molecule has 212 valence electrons. The predicted molar refractivity (Wildman–Crippen MR) is 159 cm³/mol. The van der Waals surface area contributed by atoms with Gasteiger partial charge in [-0.15, -0.1) is 24.9 Å². The van der Waals surface area contributed by atoms with Gasteiger partial charge in [0.25, 0.3) is 5.91 Å². The summed E-state index contributed by atoms with van der Waals surface area (Å²) in [4.78, 5) is 45.7. The second-order valence-corrected chi connectivity index (χ2v) is 13.4. The number of para-hydroxylation sites is 1. The molecule has 3 saturated heterocycles. The van der Waals surface area contributed by atoms with Gasteiger partial charge in [-0.25, -0.2) is 0 Å². The molecule has 4 rings (SSSR count). The van der Waals surface area contributed by atoms with Gasteiger partial charge in [-0.2, -0.15) is 0 Å². The molecule has 1 aromatic carbocycles. The molecule has 7 nitrogen and oxygen atoms in total. The third kappa shape index (κ3) is 4.99. The van der Waals surface area contributed by atoms with E-state index in [4.69, 9.17) is 4.74 Å². The Hall–Kier alpha value is -2.10. The Kier molecular flexibility index (Phi) is 9.33. The molecular weight excluding hydrogens is 580 g/mol. The fraction of sp³-hybridized carbons (Fsp3) is 0.567. The van der Waals surface area contributed by atoms with Crippen molar-refractivity contribution in [2.75, 3.05) is 24.7 Å². The van der Waals surface area contributed by atoms with Gasteiger partial charge in [0.2, 0.25) is 5.91 Å². The highest BCUT2D eigenvalue weighted by Crippen LogP contribution is 2.68. The van der Waals surface area contributed by atoms with Crippen LogP contribution in [-0.2, 0) is 19.1 Å². The van der Waals surface area contributed by atoms with Crippen LogP contribution in [0.15, 0.2) is 43.5 Å². The summed E-state index contributed by atoms with van der Waals surface area (Å²) in [6.07, 6.45) is 5.94. The Morgan fingerprint density at radius 1 is 1.31 bits per heavy atom. The molecule has 9 heteroatoms. The molecule has 1 aromatic rings. The summed E-state index contributed by atoms with van der Waals surface area (Å²) < 4.78 is 4.85. The van der Waals surface area contributed by atoms with Gasteiger partial charge in [0.15, 0.2) is 0 Å². The van der Waals surface area contributed by atoms with Crippen molar-refractivity contribution in [1.29, 1.82) is 0 Å². The highest BCUT2D eigenvalue weighted by Gasteiger charge is 2.76. The number of likely N-dealkylation sites (tertiary alicyclic amines) is 1. The van der Waals surface area contributed by atoms with Crippen LogP contribution in [0.5, 0.6) is 0 Å². The third-order valence-corrected chi connectivity index (χ3v) is 11.6. The smallest absolute Gasteiger partial charge is 0.310 e. The molecule has 2 bridgehead atoms. The lowest BCUT2D eigenvalue weighted by atomic mass is 9.71.